The van der Waals surface area contributed by atoms with E-state index in [9.17, 15) is 19.8 Å². The SMILES string of the molecule is CC(C)C(N)C(=O)N1CC(O)CC1C(O)C(=O)O. The zero-order valence-corrected chi connectivity index (χ0v) is 10.5. The van der Waals surface area contributed by atoms with E-state index in [1.807, 2.05) is 0 Å². The Hall–Kier alpha value is -1.18. The summed E-state index contributed by atoms with van der Waals surface area (Å²) in [5.41, 5.74) is 5.72. The van der Waals surface area contributed by atoms with Crippen LogP contribution in [-0.4, -0.2) is 62.9 Å². The van der Waals surface area contributed by atoms with Gasteiger partial charge in [0.25, 0.3) is 0 Å². The fourth-order valence-corrected chi connectivity index (χ4v) is 2.04. The third kappa shape index (κ3) is 2.98. The number of nitrogens with zero attached hydrogens (tertiary/aromatic N) is 1. The van der Waals surface area contributed by atoms with Crippen molar-refractivity contribution in [2.75, 3.05) is 6.54 Å². The molecule has 0 bridgehead atoms. The molecular weight excluding hydrogens is 240 g/mol. The lowest BCUT2D eigenvalue weighted by molar-refractivity contribution is -0.152. The summed E-state index contributed by atoms with van der Waals surface area (Å²) in [5.74, 6) is -1.95. The van der Waals surface area contributed by atoms with E-state index in [0.29, 0.717) is 0 Å². The van der Waals surface area contributed by atoms with Crippen LogP contribution in [0.5, 0.6) is 0 Å². The van der Waals surface area contributed by atoms with Gasteiger partial charge in [-0.15, -0.1) is 0 Å². The van der Waals surface area contributed by atoms with Crippen LogP contribution in [0.4, 0.5) is 0 Å². The van der Waals surface area contributed by atoms with Gasteiger partial charge in [-0.3, -0.25) is 4.79 Å². The molecule has 1 aliphatic heterocycles. The van der Waals surface area contributed by atoms with E-state index in [1.54, 1.807) is 13.8 Å². The molecule has 1 saturated heterocycles. The second kappa shape index (κ2) is 5.64. The van der Waals surface area contributed by atoms with Gasteiger partial charge in [0.05, 0.1) is 18.2 Å². The molecular formula is C11H20N2O5. The van der Waals surface area contributed by atoms with Crippen molar-refractivity contribution in [3.63, 3.8) is 0 Å². The Kier molecular flexibility index (Phi) is 4.66. The maximum Gasteiger partial charge on any atom is 0.334 e. The smallest absolute Gasteiger partial charge is 0.334 e. The van der Waals surface area contributed by atoms with Crippen molar-refractivity contribution < 1.29 is 24.9 Å². The molecule has 0 aliphatic carbocycles. The first-order valence-corrected chi connectivity index (χ1v) is 5.90. The van der Waals surface area contributed by atoms with Crippen LogP contribution in [0.3, 0.4) is 0 Å². The van der Waals surface area contributed by atoms with Crippen LogP contribution >= 0.6 is 0 Å². The molecule has 4 unspecified atom stereocenters. The molecule has 0 spiro atoms. The monoisotopic (exact) mass is 260 g/mol. The topological polar surface area (TPSA) is 124 Å². The highest BCUT2D eigenvalue weighted by Gasteiger charge is 2.42. The third-order valence-electron chi connectivity index (χ3n) is 3.23. The second-order valence-electron chi connectivity index (χ2n) is 5.00. The van der Waals surface area contributed by atoms with Gasteiger partial charge in [-0.1, -0.05) is 13.8 Å². The van der Waals surface area contributed by atoms with Crippen LogP contribution in [0, 0.1) is 5.92 Å². The summed E-state index contributed by atoms with van der Waals surface area (Å²) >= 11 is 0. The van der Waals surface area contributed by atoms with Crippen molar-refractivity contribution in [1.29, 1.82) is 0 Å². The van der Waals surface area contributed by atoms with Crippen LogP contribution in [0.25, 0.3) is 0 Å². The minimum absolute atomic E-state index is 0.00819. The number of amides is 1. The average molecular weight is 260 g/mol. The van der Waals surface area contributed by atoms with Crippen molar-refractivity contribution in [2.24, 2.45) is 11.7 Å². The van der Waals surface area contributed by atoms with Crippen molar-refractivity contribution in [2.45, 2.75) is 44.6 Å². The quantitative estimate of drug-likeness (QED) is 0.481. The Morgan fingerprint density at radius 2 is 1.94 bits per heavy atom. The number of aliphatic carboxylic acids is 1. The third-order valence-corrected chi connectivity index (χ3v) is 3.23. The summed E-state index contributed by atoms with van der Waals surface area (Å²) in [4.78, 5) is 24.0. The van der Waals surface area contributed by atoms with Gasteiger partial charge in [-0.05, 0) is 12.3 Å². The maximum absolute atomic E-state index is 12.1. The summed E-state index contributed by atoms with van der Waals surface area (Å²) in [5, 5.41) is 27.8. The van der Waals surface area contributed by atoms with Gasteiger partial charge in [0.2, 0.25) is 5.91 Å². The lowest BCUT2D eigenvalue weighted by atomic mass is 10.0. The fourth-order valence-electron chi connectivity index (χ4n) is 2.04. The molecule has 18 heavy (non-hydrogen) atoms. The summed E-state index contributed by atoms with van der Waals surface area (Å²) in [6.07, 6.45) is -2.48. The highest BCUT2D eigenvalue weighted by atomic mass is 16.4. The summed E-state index contributed by atoms with van der Waals surface area (Å²) < 4.78 is 0. The lowest BCUT2D eigenvalue weighted by Gasteiger charge is -2.29. The Morgan fingerprint density at radius 3 is 2.39 bits per heavy atom. The number of carboxylic acids is 1. The number of β-amino-alcohol motifs (C(OH)–C–C–N with tert-alkyl or cyclic N) is 1. The summed E-state index contributed by atoms with van der Waals surface area (Å²) in [7, 11) is 0. The molecule has 0 saturated carbocycles. The normalized spacial score (nSPS) is 27.3. The maximum atomic E-state index is 12.1. The lowest BCUT2D eigenvalue weighted by Crippen LogP contribution is -2.52. The number of aliphatic hydroxyl groups excluding tert-OH is 2. The van der Waals surface area contributed by atoms with E-state index in [-0.39, 0.29) is 18.9 Å². The first kappa shape index (κ1) is 14.9. The molecule has 0 radical (unpaired) electrons. The molecule has 5 N–H and O–H groups in total. The minimum Gasteiger partial charge on any atom is -0.479 e. The molecule has 0 aromatic heterocycles. The molecule has 4 atom stereocenters. The molecule has 1 aliphatic rings. The molecule has 7 nitrogen and oxygen atoms in total. The standard InChI is InChI=1S/C11H20N2O5/c1-5(2)8(12)10(16)13-4-6(14)3-7(13)9(15)11(17)18/h5-9,14-15H,3-4,12H2,1-2H3,(H,17,18). The van der Waals surface area contributed by atoms with Gasteiger partial charge < -0.3 is 26.0 Å². The summed E-state index contributed by atoms with van der Waals surface area (Å²) in [6.45, 7) is 3.56. The molecule has 104 valence electrons. The van der Waals surface area contributed by atoms with E-state index in [1.165, 1.54) is 4.90 Å². The van der Waals surface area contributed by atoms with E-state index in [2.05, 4.69) is 0 Å². The van der Waals surface area contributed by atoms with Crippen LogP contribution in [0.2, 0.25) is 0 Å². The minimum atomic E-state index is -1.70. The Bertz CT molecular complexity index is 333. The number of rotatable bonds is 4. The van der Waals surface area contributed by atoms with E-state index in [0.717, 1.165) is 0 Å². The van der Waals surface area contributed by atoms with Crippen LogP contribution in [0.15, 0.2) is 0 Å². The van der Waals surface area contributed by atoms with Gasteiger partial charge in [-0.25, -0.2) is 4.79 Å². The molecule has 1 fully saturated rings. The number of carbonyl (C=O) groups is 2. The largest absolute Gasteiger partial charge is 0.479 e. The predicted octanol–water partition coefficient (Wildman–Crippen LogP) is -1.62. The number of aliphatic hydroxyl groups is 2. The fraction of sp³-hybridized carbons (Fsp3) is 0.818. The number of hydrogen-bond donors (Lipinski definition) is 4. The molecule has 1 amide bonds. The highest BCUT2D eigenvalue weighted by Crippen LogP contribution is 2.22. The first-order valence-electron chi connectivity index (χ1n) is 5.90. The molecule has 1 rings (SSSR count). The highest BCUT2D eigenvalue weighted by molar-refractivity contribution is 5.84. The first-order chi connectivity index (χ1) is 8.25. The Labute approximate surface area is 105 Å². The number of carbonyl (C=O) groups excluding carboxylic acids is 1. The van der Waals surface area contributed by atoms with Crippen molar-refractivity contribution >= 4 is 11.9 Å². The average Bonchev–Trinajstić information content (AvgIpc) is 2.67. The van der Waals surface area contributed by atoms with Crippen molar-refractivity contribution in [1.82, 2.24) is 4.90 Å². The number of nitrogens with two attached hydrogens (primary N) is 1. The number of hydrogen-bond acceptors (Lipinski definition) is 5. The summed E-state index contributed by atoms with van der Waals surface area (Å²) in [6, 6.07) is -1.69. The van der Waals surface area contributed by atoms with Crippen LogP contribution in [0.1, 0.15) is 20.3 Å². The van der Waals surface area contributed by atoms with Gasteiger partial charge in [0, 0.05) is 6.54 Å². The molecule has 7 heteroatoms. The van der Waals surface area contributed by atoms with Gasteiger partial charge >= 0.3 is 5.97 Å². The zero-order valence-electron chi connectivity index (χ0n) is 10.5. The van der Waals surface area contributed by atoms with Crippen molar-refractivity contribution in [3.05, 3.63) is 0 Å². The van der Waals surface area contributed by atoms with Gasteiger partial charge in [0.15, 0.2) is 6.10 Å². The van der Waals surface area contributed by atoms with Crippen LogP contribution in [-0.2, 0) is 9.59 Å². The van der Waals surface area contributed by atoms with Crippen molar-refractivity contribution in [3.8, 4) is 0 Å². The van der Waals surface area contributed by atoms with Crippen LogP contribution < -0.4 is 5.73 Å². The van der Waals surface area contributed by atoms with E-state index >= 15 is 0 Å². The van der Waals surface area contributed by atoms with E-state index < -0.39 is 36.2 Å². The zero-order chi connectivity index (χ0) is 14.0. The van der Waals surface area contributed by atoms with Gasteiger partial charge in [-0.2, -0.15) is 0 Å². The van der Waals surface area contributed by atoms with E-state index in [4.69, 9.17) is 10.8 Å². The molecule has 1 heterocycles. The second-order valence-corrected chi connectivity index (χ2v) is 5.00. The Balaban J connectivity index is 2.85. The molecule has 0 aromatic carbocycles. The van der Waals surface area contributed by atoms with Gasteiger partial charge in [0.1, 0.15) is 0 Å². The number of carboxylic acid groups (broad SMARTS) is 1. The predicted molar refractivity (Wildman–Crippen MR) is 62.6 cm³/mol. The molecule has 0 aromatic rings. The number of likely N-dealkylation sites (tertiary alicyclic amines) is 1. The Morgan fingerprint density at radius 1 is 1.39 bits per heavy atom.